The molecule has 0 spiro atoms. The summed E-state index contributed by atoms with van der Waals surface area (Å²) in [6.07, 6.45) is 5.73. The van der Waals surface area contributed by atoms with Crippen molar-refractivity contribution in [1.29, 1.82) is 0 Å². The Bertz CT molecular complexity index is 959. The second-order valence-corrected chi connectivity index (χ2v) is 7.10. The summed E-state index contributed by atoms with van der Waals surface area (Å²) < 4.78 is 18.5. The number of aromatic nitrogens is 3. The molecule has 0 aliphatic rings. The number of nitrogens with zero attached hydrogens (tertiary/aromatic N) is 4. The second-order valence-electron chi connectivity index (χ2n) is 6.70. The van der Waals surface area contributed by atoms with Crippen LogP contribution in [0.3, 0.4) is 0 Å². The van der Waals surface area contributed by atoms with Gasteiger partial charge in [0.2, 0.25) is 0 Å². The van der Waals surface area contributed by atoms with Crippen molar-refractivity contribution in [3.05, 3.63) is 65.2 Å². The third kappa shape index (κ3) is 5.73. The Morgan fingerprint density at radius 3 is 2.47 bits per heavy atom. The Labute approximate surface area is 181 Å². The van der Waals surface area contributed by atoms with E-state index in [2.05, 4.69) is 41.3 Å². The van der Waals surface area contributed by atoms with Gasteiger partial charge in [-0.1, -0.05) is 37.6 Å². The monoisotopic (exact) mass is 428 g/mol. The molecule has 0 N–H and O–H groups in total. The van der Waals surface area contributed by atoms with Crippen molar-refractivity contribution < 1.29 is 14.2 Å². The van der Waals surface area contributed by atoms with E-state index >= 15 is 0 Å². The number of hydrogen-bond donors (Lipinski definition) is 0. The van der Waals surface area contributed by atoms with Gasteiger partial charge < -0.3 is 14.2 Å². The number of rotatable bonds is 10. The molecule has 0 amide bonds. The molecule has 30 heavy (non-hydrogen) atoms. The van der Waals surface area contributed by atoms with Gasteiger partial charge in [0.05, 0.1) is 18.3 Å². The van der Waals surface area contributed by atoms with Crippen LogP contribution in [0.15, 0.2) is 54.2 Å². The molecule has 0 saturated carbocycles. The Kier molecular flexibility index (Phi) is 7.68. The molecular weight excluding hydrogens is 404 g/mol. The van der Waals surface area contributed by atoms with Crippen LogP contribution in [0.2, 0.25) is 5.02 Å². The van der Waals surface area contributed by atoms with Crippen LogP contribution in [0.1, 0.15) is 37.3 Å². The molecule has 0 radical (unpaired) electrons. The van der Waals surface area contributed by atoms with Gasteiger partial charge in [0.15, 0.2) is 11.5 Å². The largest absolute Gasteiger partial charge is 0.493 e. The van der Waals surface area contributed by atoms with Crippen molar-refractivity contribution in [3.63, 3.8) is 0 Å². The Morgan fingerprint density at radius 2 is 1.80 bits per heavy atom. The quantitative estimate of drug-likeness (QED) is 0.343. The summed E-state index contributed by atoms with van der Waals surface area (Å²) in [4.78, 5) is 0. The van der Waals surface area contributed by atoms with E-state index in [9.17, 15) is 0 Å². The van der Waals surface area contributed by atoms with Gasteiger partial charge in [-0.25, -0.2) is 4.68 Å². The maximum absolute atomic E-state index is 6.39. The maximum atomic E-state index is 6.39. The zero-order chi connectivity index (χ0) is 21.3. The van der Waals surface area contributed by atoms with Gasteiger partial charge in [-0.15, -0.1) is 10.2 Å². The first-order chi connectivity index (χ1) is 14.6. The molecule has 0 aliphatic carbocycles. The van der Waals surface area contributed by atoms with E-state index in [0.717, 1.165) is 17.7 Å². The lowest BCUT2D eigenvalue weighted by molar-refractivity contribution is 0.211. The van der Waals surface area contributed by atoms with E-state index < -0.39 is 0 Å². The molecule has 1 heterocycles. The highest BCUT2D eigenvalue weighted by Gasteiger charge is 2.12. The highest BCUT2D eigenvalue weighted by molar-refractivity contribution is 6.32. The predicted octanol–water partition coefficient (Wildman–Crippen LogP) is 4.79. The van der Waals surface area contributed by atoms with Crippen LogP contribution in [0.5, 0.6) is 17.2 Å². The second kappa shape index (κ2) is 10.6. The summed E-state index contributed by atoms with van der Waals surface area (Å²) in [5.74, 6) is 2.34. The number of hydrogen-bond acceptors (Lipinski definition) is 6. The first-order valence-corrected chi connectivity index (χ1v) is 10.1. The normalized spacial score (nSPS) is 12.1. The molecule has 8 heteroatoms. The van der Waals surface area contributed by atoms with Crippen LogP contribution >= 0.6 is 11.6 Å². The maximum Gasteiger partial charge on any atom is 0.179 e. The van der Waals surface area contributed by atoms with Crippen LogP contribution in [0, 0.1) is 0 Å². The van der Waals surface area contributed by atoms with Gasteiger partial charge in [-0.05, 0) is 47.7 Å². The fourth-order valence-corrected chi connectivity index (χ4v) is 3.05. The molecule has 0 aliphatic heterocycles. The van der Waals surface area contributed by atoms with Gasteiger partial charge >= 0.3 is 0 Å². The average molecular weight is 429 g/mol. The molecule has 0 saturated heterocycles. The van der Waals surface area contributed by atoms with E-state index in [0.29, 0.717) is 35.7 Å². The number of halogens is 1. The molecule has 1 unspecified atom stereocenters. The molecule has 158 valence electrons. The predicted molar refractivity (Wildman–Crippen MR) is 117 cm³/mol. The summed E-state index contributed by atoms with van der Waals surface area (Å²) in [7, 11) is 1.56. The summed E-state index contributed by atoms with van der Waals surface area (Å²) in [5.41, 5.74) is 2.07. The summed E-state index contributed by atoms with van der Waals surface area (Å²) in [6, 6.07) is 11.7. The molecule has 1 atom stereocenters. The fraction of sp³-hybridized carbons (Fsp3) is 0.318. The van der Waals surface area contributed by atoms with Crippen molar-refractivity contribution in [2.45, 2.75) is 26.2 Å². The minimum Gasteiger partial charge on any atom is -0.493 e. The minimum absolute atomic E-state index is 0.331. The van der Waals surface area contributed by atoms with E-state index in [1.165, 1.54) is 22.9 Å². The lowest BCUT2D eigenvalue weighted by atomic mass is 9.99. The molecule has 1 aromatic heterocycles. The van der Waals surface area contributed by atoms with E-state index in [-0.39, 0.29) is 0 Å². The van der Waals surface area contributed by atoms with Crippen LogP contribution in [0.4, 0.5) is 0 Å². The first kappa shape index (κ1) is 21.6. The smallest absolute Gasteiger partial charge is 0.179 e. The van der Waals surface area contributed by atoms with Crippen molar-refractivity contribution in [3.8, 4) is 17.2 Å². The molecule has 3 rings (SSSR count). The third-order valence-electron chi connectivity index (χ3n) is 4.66. The standard InChI is InChI=1S/C22H25ClN4O3/c1-4-16(2)18-5-7-19(8-6-18)29-9-10-30-22-20(23)11-17(12-21(22)28-3)13-26-27-14-24-25-15-27/h5-8,11-16H,4,9-10H2,1-3H3. The van der Waals surface area contributed by atoms with Gasteiger partial charge in [-0.2, -0.15) is 5.10 Å². The molecule has 0 bridgehead atoms. The van der Waals surface area contributed by atoms with Crippen LogP contribution in [-0.4, -0.2) is 41.4 Å². The molecular formula is C22H25ClN4O3. The van der Waals surface area contributed by atoms with Crippen LogP contribution < -0.4 is 14.2 Å². The van der Waals surface area contributed by atoms with Crippen molar-refractivity contribution in [1.82, 2.24) is 14.9 Å². The first-order valence-electron chi connectivity index (χ1n) is 9.72. The Balaban J connectivity index is 1.57. The van der Waals surface area contributed by atoms with E-state index in [4.69, 9.17) is 25.8 Å². The van der Waals surface area contributed by atoms with Crippen LogP contribution in [0.25, 0.3) is 0 Å². The topological polar surface area (TPSA) is 70.8 Å². The van der Waals surface area contributed by atoms with Gasteiger partial charge in [-0.3, -0.25) is 0 Å². The lowest BCUT2D eigenvalue weighted by Crippen LogP contribution is -2.10. The van der Waals surface area contributed by atoms with Crippen molar-refractivity contribution >= 4 is 17.8 Å². The molecule has 7 nitrogen and oxygen atoms in total. The number of methoxy groups -OCH3 is 1. The highest BCUT2D eigenvalue weighted by atomic mass is 35.5. The lowest BCUT2D eigenvalue weighted by Gasteiger charge is -2.14. The Morgan fingerprint density at radius 1 is 1.10 bits per heavy atom. The molecule has 2 aromatic carbocycles. The number of ether oxygens (including phenoxy) is 3. The SMILES string of the molecule is CCC(C)c1ccc(OCCOc2c(Cl)cc(C=Nn3cnnc3)cc2OC)cc1. The van der Waals surface area contributed by atoms with Gasteiger partial charge in [0.25, 0.3) is 0 Å². The van der Waals surface area contributed by atoms with Crippen LogP contribution in [-0.2, 0) is 0 Å². The zero-order valence-corrected chi connectivity index (χ0v) is 18.0. The number of benzene rings is 2. The molecule has 0 fully saturated rings. The van der Waals surface area contributed by atoms with Gasteiger partial charge in [0, 0.05) is 0 Å². The van der Waals surface area contributed by atoms with Gasteiger partial charge in [0.1, 0.15) is 31.6 Å². The van der Waals surface area contributed by atoms with E-state index in [1.54, 1.807) is 25.5 Å². The minimum atomic E-state index is 0.331. The Hall–Kier alpha value is -3.06. The summed E-state index contributed by atoms with van der Waals surface area (Å²) >= 11 is 6.39. The fourth-order valence-electron chi connectivity index (χ4n) is 2.77. The van der Waals surface area contributed by atoms with E-state index in [1.807, 2.05) is 12.1 Å². The third-order valence-corrected chi connectivity index (χ3v) is 4.94. The summed E-state index contributed by atoms with van der Waals surface area (Å²) in [5, 5.41) is 12.0. The average Bonchev–Trinajstić information content (AvgIpc) is 3.29. The zero-order valence-electron chi connectivity index (χ0n) is 17.3. The van der Waals surface area contributed by atoms with Crippen molar-refractivity contribution in [2.75, 3.05) is 20.3 Å². The summed E-state index contributed by atoms with van der Waals surface area (Å²) in [6.45, 7) is 5.12. The van der Waals surface area contributed by atoms with Crippen molar-refractivity contribution in [2.24, 2.45) is 5.10 Å². The molecule has 3 aromatic rings. The highest BCUT2D eigenvalue weighted by Crippen LogP contribution is 2.36.